The Balaban J connectivity index is 1.87. The van der Waals surface area contributed by atoms with Gasteiger partial charge in [0.25, 0.3) is 15.9 Å². The first-order valence-electron chi connectivity index (χ1n) is 8.31. The highest BCUT2D eigenvalue weighted by molar-refractivity contribution is 7.92. The first kappa shape index (κ1) is 18.7. The van der Waals surface area contributed by atoms with E-state index in [-0.39, 0.29) is 10.8 Å². The molecular weight excluding hydrogens is 364 g/mol. The summed E-state index contributed by atoms with van der Waals surface area (Å²) < 4.78 is 32.4. The predicted octanol–water partition coefficient (Wildman–Crippen LogP) is 3.97. The fraction of sp³-hybridized carbons (Fsp3) is 0.150. The van der Waals surface area contributed by atoms with Crippen molar-refractivity contribution in [3.8, 4) is 0 Å². The number of carbonyl (C=O) groups excluding carboxylic acids is 1. The number of rotatable bonds is 5. The van der Waals surface area contributed by atoms with Crippen LogP contribution >= 0.6 is 0 Å². The van der Waals surface area contributed by atoms with Crippen LogP contribution in [0.5, 0.6) is 0 Å². The molecule has 27 heavy (non-hydrogen) atoms. The van der Waals surface area contributed by atoms with Crippen molar-refractivity contribution in [1.82, 2.24) is 0 Å². The van der Waals surface area contributed by atoms with Gasteiger partial charge in [-0.2, -0.15) is 0 Å². The summed E-state index contributed by atoms with van der Waals surface area (Å²) in [5.74, 6) is 0.798. The van der Waals surface area contributed by atoms with Gasteiger partial charge in [-0.05, 0) is 50.2 Å². The monoisotopic (exact) mass is 384 g/mol. The van der Waals surface area contributed by atoms with Crippen LogP contribution in [-0.2, 0) is 10.0 Å². The number of sulfonamides is 1. The normalized spacial score (nSPS) is 11.2. The Labute approximate surface area is 158 Å². The van der Waals surface area contributed by atoms with Gasteiger partial charge in [0.2, 0.25) is 0 Å². The van der Waals surface area contributed by atoms with Crippen molar-refractivity contribution in [2.24, 2.45) is 0 Å². The van der Waals surface area contributed by atoms with Gasteiger partial charge in [-0.3, -0.25) is 9.10 Å². The molecule has 0 bridgehead atoms. The lowest BCUT2D eigenvalue weighted by atomic mass is 10.2. The molecule has 0 saturated heterocycles. The van der Waals surface area contributed by atoms with Crippen LogP contribution in [0.2, 0.25) is 0 Å². The third-order valence-corrected chi connectivity index (χ3v) is 5.94. The molecule has 3 aromatic rings. The third kappa shape index (κ3) is 3.88. The average Bonchev–Trinajstić information content (AvgIpc) is 3.00. The van der Waals surface area contributed by atoms with Gasteiger partial charge in [0.05, 0.1) is 16.1 Å². The van der Waals surface area contributed by atoms with Gasteiger partial charge in [0.1, 0.15) is 11.5 Å². The van der Waals surface area contributed by atoms with Crippen LogP contribution in [0.4, 0.5) is 11.4 Å². The van der Waals surface area contributed by atoms with E-state index in [2.05, 4.69) is 5.32 Å². The molecule has 1 heterocycles. The van der Waals surface area contributed by atoms with Crippen molar-refractivity contribution in [1.29, 1.82) is 0 Å². The van der Waals surface area contributed by atoms with E-state index in [0.717, 1.165) is 0 Å². The average molecular weight is 384 g/mol. The molecule has 1 amide bonds. The zero-order chi connectivity index (χ0) is 19.6. The minimum absolute atomic E-state index is 0.0896. The Morgan fingerprint density at radius 1 is 1.00 bits per heavy atom. The summed E-state index contributed by atoms with van der Waals surface area (Å²) in [7, 11) is -2.26. The number of hydrogen-bond acceptors (Lipinski definition) is 4. The molecule has 0 radical (unpaired) electrons. The van der Waals surface area contributed by atoms with E-state index < -0.39 is 10.0 Å². The molecule has 0 unspecified atom stereocenters. The van der Waals surface area contributed by atoms with Crippen LogP contribution in [-0.4, -0.2) is 21.4 Å². The molecule has 1 N–H and O–H groups in total. The van der Waals surface area contributed by atoms with E-state index in [9.17, 15) is 13.2 Å². The minimum atomic E-state index is -3.76. The summed E-state index contributed by atoms with van der Waals surface area (Å²) in [6, 6.07) is 16.6. The molecule has 0 aliphatic rings. The van der Waals surface area contributed by atoms with Gasteiger partial charge >= 0.3 is 0 Å². The van der Waals surface area contributed by atoms with Crippen molar-refractivity contribution in [2.75, 3.05) is 16.7 Å². The molecule has 1 aromatic heterocycles. The maximum absolute atomic E-state index is 12.9. The maximum atomic E-state index is 12.9. The number of nitrogens with one attached hydrogen (secondary N) is 1. The summed E-state index contributed by atoms with van der Waals surface area (Å²) >= 11 is 0. The zero-order valence-corrected chi connectivity index (χ0v) is 16.1. The molecule has 6 nitrogen and oxygen atoms in total. The highest BCUT2D eigenvalue weighted by Crippen LogP contribution is 2.24. The zero-order valence-electron chi connectivity index (χ0n) is 15.3. The number of furan rings is 1. The summed E-state index contributed by atoms with van der Waals surface area (Å²) in [5, 5.41) is 2.72. The molecule has 0 aliphatic heterocycles. The second-order valence-electron chi connectivity index (χ2n) is 6.12. The van der Waals surface area contributed by atoms with Crippen molar-refractivity contribution in [3.63, 3.8) is 0 Å². The Kier molecular flexibility index (Phi) is 5.05. The number of para-hydroxylation sites is 1. The molecule has 2 aromatic carbocycles. The number of hydrogen-bond donors (Lipinski definition) is 1. The Morgan fingerprint density at radius 3 is 2.33 bits per heavy atom. The van der Waals surface area contributed by atoms with Crippen LogP contribution in [0.1, 0.15) is 21.9 Å². The minimum Gasteiger partial charge on any atom is -0.466 e. The number of aryl methyl sites for hydroxylation is 2. The van der Waals surface area contributed by atoms with Crippen LogP contribution < -0.4 is 9.62 Å². The summed E-state index contributed by atoms with van der Waals surface area (Å²) in [6.07, 6.45) is 0. The smallest absolute Gasteiger partial charge is 0.264 e. The van der Waals surface area contributed by atoms with Gasteiger partial charge in [0.15, 0.2) is 0 Å². The van der Waals surface area contributed by atoms with Gasteiger partial charge in [0, 0.05) is 12.7 Å². The quantitative estimate of drug-likeness (QED) is 0.722. The fourth-order valence-electron chi connectivity index (χ4n) is 2.72. The predicted molar refractivity (Wildman–Crippen MR) is 105 cm³/mol. The summed E-state index contributed by atoms with van der Waals surface area (Å²) in [6.45, 7) is 3.47. The van der Waals surface area contributed by atoms with Crippen LogP contribution in [0.3, 0.4) is 0 Å². The number of benzene rings is 2. The number of carbonyl (C=O) groups is 1. The Morgan fingerprint density at radius 2 is 1.70 bits per heavy atom. The SMILES string of the molecule is Cc1cc(C(=O)Nc2cccc(S(=O)(=O)N(C)c3ccccc3)c2)c(C)o1. The van der Waals surface area contributed by atoms with E-state index in [1.54, 1.807) is 56.3 Å². The molecule has 0 saturated carbocycles. The molecule has 0 fully saturated rings. The molecule has 0 spiro atoms. The van der Waals surface area contributed by atoms with Crippen molar-refractivity contribution < 1.29 is 17.6 Å². The molecule has 7 heteroatoms. The standard InChI is InChI=1S/C20H20N2O4S/c1-14-12-19(15(2)26-14)20(23)21-16-8-7-11-18(13-16)27(24,25)22(3)17-9-5-4-6-10-17/h4-13H,1-3H3,(H,21,23). The number of anilines is 2. The van der Waals surface area contributed by atoms with Gasteiger partial charge in [-0.15, -0.1) is 0 Å². The Bertz CT molecular complexity index is 1070. The van der Waals surface area contributed by atoms with E-state index in [1.807, 2.05) is 6.07 Å². The van der Waals surface area contributed by atoms with Gasteiger partial charge < -0.3 is 9.73 Å². The largest absolute Gasteiger partial charge is 0.466 e. The molecule has 3 rings (SSSR count). The summed E-state index contributed by atoms with van der Waals surface area (Å²) in [4.78, 5) is 12.5. The van der Waals surface area contributed by atoms with E-state index in [1.165, 1.54) is 23.5 Å². The lowest BCUT2D eigenvalue weighted by Gasteiger charge is -2.19. The second kappa shape index (κ2) is 7.28. The van der Waals surface area contributed by atoms with Gasteiger partial charge in [-0.25, -0.2) is 8.42 Å². The van der Waals surface area contributed by atoms with E-state index >= 15 is 0 Å². The number of nitrogens with zero attached hydrogens (tertiary/aromatic N) is 1. The highest BCUT2D eigenvalue weighted by Gasteiger charge is 2.22. The molecule has 0 atom stereocenters. The van der Waals surface area contributed by atoms with Crippen LogP contribution in [0, 0.1) is 13.8 Å². The fourth-order valence-corrected chi connectivity index (χ4v) is 3.97. The van der Waals surface area contributed by atoms with Gasteiger partial charge in [-0.1, -0.05) is 24.3 Å². The van der Waals surface area contributed by atoms with Crippen LogP contribution in [0.15, 0.2) is 70.0 Å². The van der Waals surface area contributed by atoms with Crippen molar-refractivity contribution >= 4 is 27.3 Å². The second-order valence-corrected chi connectivity index (χ2v) is 8.09. The lowest BCUT2D eigenvalue weighted by Crippen LogP contribution is -2.26. The topological polar surface area (TPSA) is 79.6 Å². The van der Waals surface area contributed by atoms with Crippen molar-refractivity contribution in [3.05, 3.63) is 77.7 Å². The lowest BCUT2D eigenvalue weighted by molar-refractivity contribution is 0.102. The molecule has 140 valence electrons. The van der Waals surface area contributed by atoms with E-state index in [0.29, 0.717) is 28.5 Å². The Hall–Kier alpha value is -3.06. The molecule has 0 aliphatic carbocycles. The summed E-state index contributed by atoms with van der Waals surface area (Å²) in [5.41, 5.74) is 1.36. The molecular formula is C20H20N2O4S. The first-order chi connectivity index (χ1) is 12.8. The van der Waals surface area contributed by atoms with Crippen molar-refractivity contribution in [2.45, 2.75) is 18.7 Å². The number of amides is 1. The third-order valence-electron chi connectivity index (χ3n) is 4.16. The highest BCUT2D eigenvalue weighted by atomic mass is 32.2. The van der Waals surface area contributed by atoms with Crippen LogP contribution in [0.25, 0.3) is 0 Å². The van der Waals surface area contributed by atoms with E-state index in [4.69, 9.17) is 4.42 Å². The first-order valence-corrected chi connectivity index (χ1v) is 9.75. The maximum Gasteiger partial charge on any atom is 0.264 e.